The van der Waals surface area contributed by atoms with Crippen molar-refractivity contribution in [1.29, 1.82) is 0 Å². The molecular weight excluding hydrogens is 243 g/mol. The Bertz CT molecular complexity index is 534. The summed E-state index contributed by atoms with van der Waals surface area (Å²) < 4.78 is 18.9. The summed E-state index contributed by atoms with van der Waals surface area (Å²) in [4.78, 5) is 3.86. The van der Waals surface area contributed by atoms with Crippen molar-refractivity contribution in [2.75, 3.05) is 5.73 Å². The molecule has 0 atom stereocenters. The van der Waals surface area contributed by atoms with E-state index < -0.39 is 5.82 Å². The van der Waals surface area contributed by atoms with E-state index in [4.69, 9.17) is 22.1 Å². The standard InChI is InChI=1S/C12H10ClFN2O/c13-9-4-1-3-8(11(9)14)7-17-10-5-2-6-16-12(10)15/h1-6H,7H2,(H2,15,16). The third kappa shape index (κ3) is 2.65. The van der Waals surface area contributed by atoms with Gasteiger partial charge >= 0.3 is 0 Å². The third-order valence-electron chi connectivity index (χ3n) is 2.21. The monoisotopic (exact) mass is 252 g/mol. The molecule has 0 spiro atoms. The molecular formula is C12H10ClFN2O. The Hall–Kier alpha value is -1.81. The first-order chi connectivity index (χ1) is 8.18. The molecule has 0 unspecified atom stereocenters. The van der Waals surface area contributed by atoms with Crippen LogP contribution in [0.5, 0.6) is 5.75 Å². The molecule has 17 heavy (non-hydrogen) atoms. The summed E-state index contributed by atoms with van der Waals surface area (Å²) in [5.41, 5.74) is 5.97. The summed E-state index contributed by atoms with van der Waals surface area (Å²) in [6, 6.07) is 8.12. The highest BCUT2D eigenvalue weighted by atomic mass is 35.5. The predicted molar refractivity (Wildman–Crippen MR) is 64.4 cm³/mol. The van der Waals surface area contributed by atoms with Gasteiger partial charge in [-0.3, -0.25) is 0 Å². The normalized spacial score (nSPS) is 10.2. The average molecular weight is 253 g/mol. The van der Waals surface area contributed by atoms with Crippen LogP contribution in [0.2, 0.25) is 5.02 Å². The van der Waals surface area contributed by atoms with Crippen LogP contribution in [-0.4, -0.2) is 4.98 Å². The van der Waals surface area contributed by atoms with E-state index >= 15 is 0 Å². The molecule has 3 nitrogen and oxygen atoms in total. The molecule has 0 saturated heterocycles. The number of nitrogens with zero attached hydrogens (tertiary/aromatic N) is 1. The van der Waals surface area contributed by atoms with Gasteiger partial charge in [-0.1, -0.05) is 23.7 Å². The number of hydrogen-bond acceptors (Lipinski definition) is 3. The van der Waals surface area contributed by atoms with E-state index in [2.05, 4.69) is 4.98 Å². The van der Waals surface area contributed by atoms with E-state index in [1.54, 1.807) is 30.5 Å². The molecule has 1 aromatic carbocycles. The van der Waals surface area contributed by atoms with E-state index in [0.717, 1.165) is 0 Å². The Morgan fingerprint density at radius 2 is 2.12 bits per heavy atom. The topological polar surface area (TPSA) is 48.1 Å². The van der Waals surface area contributed by atoms with Crippen molar-refractivity contribution in [1.82, 2.24) is 4.98 Å². The van der Waals surface area contributed by atoms with E-state index in [1.807, 2.05) is 0 Å². The quantitative estimate of drug-likeness (QED) is 0.913. The minimum absolute atomic E-state index is 0.0578. The Morgan fingerprint density at radius 3 is 2.88 bits per heavy atom. The molecule has 0 fully saturated rings. The Labute approximate surface area is 103 Å². The zero-order chi connectivity index (χ0) is 12.3. The number of pyridine rings is 1. The molecule has 5 heteroatoms. The average Bonchev–Trinajstić information content (AvgIpc) is 2.33. The van der Waals surface area contributed by atoms with Crippen LogP contribution < -0.4 is 10.5 Å². The lowest BCUT2D eigenvalue weighted by molar-refractivity contribution is 0.300. The molecule has 0 saturated carbocycles. The number of ether oxygens (including phenoxy) is 1. The van der Waals surface area contributed by atoms with Gasteiger partial charge in [0, 0.05) is 11.8 Å². The lowest BCUT2D eigenvalue weighted by Crippen LogP contribution is -2.02. The predicted octanol–water partition coefficient (Wildman–Crippen LogP) is 3.04. The van der Waals surface area contributed by atoms with Crippen molar-refractivity contribution in [2.45, 2.75) is 6.61 Å². The summed E-state index contributed by atoms with van der Waals surface area (Å²) in [5.74, 6) is 0.221. The highest BCUT2D eigenvalue weighted by molar-refractivity contribution is 6.30. The molecule has 2 N–H and O–H groups in total. The molecule has 0 aliphatic heterocycles. The third-order valence-corrected chi connectivity index (χ3v) is 2.51. The molecule has 2 aromatic rings. The molecule has 88 valence electrons. The van der Waals surface area contributed by atoms with Gasteiger partial charge in [0.1, 0.15) is 12.4 Å². The molecule has 1 heterocycles. The molecule has 2 rings (SSSR count). The van der Waals surface area contributed by atoms with Gasteiger partial charge in [-0.25, -0.2) is 9.37 Å². The summed E-state index contributed by atoms with van der Waals surface area (Å²) in [7, 11) is 0. The minimum atomic E-state index is -0.475. The number of benzene rings is 1. The molecule has 0 amide bonds. The zero-order valence-corrected chi connectivity index (χ0v) is 9.62. The van der Waals surface area contributed by atoms with Crippen LogP contribution in [0.15, 0.2) is 36.5 Å². The summed E-state index contributed by atoms with van der Waals surface area (Å²) >= 11 is 5.66. The number of nitrogens with two attached hydrogens (primary N) is 1. The maximum absolute atomic E-state index is 13.5. The number of anilines is 1. The van der Waals surface area contributed by atoms with Crippen molar-refractivity contribution in [3.63, 3.8) is 0 Å². The molecule has 1 aromatic heterocycles. The van der Waals surface area contributed by atoms with E-state index in [0.29, 0.717) is 11.3 Å². The fraction of sp³-hybridized carbons (Fsp3) is 0.0833. The first kappa shape index (κ1) is 11.7. The van der Waals surface area contributed by atoms with Crippen molar-refractivity contribution < 1.29 is 9.13 Å². The van der Waals surface area contributed by atoms with Crippen molar-refractivity contribution >= 4 is 17.4 Å². The van der Waals surface area contributed by atoms with Gasteiger partial charge < -0.3 is 10.5 Å². The van der Waals surface area contributed by atoms with Crippen LogP contribution >= 0.6 is 11.6 Å². The summed E-state index contributed by atoms with van der Waals surface area (Å²) in [5, 5.41) is 0.0743. The Kier molecular flexibility index (Phi) is 3.44. The fourth-order valence-corrected chi connectivity index (χ4v) is 1.53. The highest BCUT2D eigenvalue weighted by Gasteiger charge is 2.07. The largest absolute Gasteiger partial charge is 0.485 e. The first-order valence-corrected chi connectivity index (χ1v) is 5.32. The van der Waals surface area contributed by atoms with Crippen LogP contribution in [0.4, 0.5) is 10.2 Å². The van der Waals surface area contributed by atoms with Gasteiger partial charge in [0.25, 0.3) is 0 Å². The van der Waals surface area contributed by atoms with Crippen molar-refractivity contribution in [2.24, 2.45) is 0 Å². The zero-order valence-electron chi connectivity index (χ0n) is 8.86. The van der Waals surface area contributed by atoms with Gasteiger partial charge in [0.15, 0.2) is 11.6 Å². The van der Waals surface area contributed by atoms with Gasteiger partial charge in [-0.2, -0.15) is 0 Å². The fourth-order valence-electron chi connectivity index (χ4n) is 1.34. The molecule has 0 bridgehead atoms. The van der Waals surface area contributed by atoms with Gasteiger partial charge in [-0.15, -0.1) is 0 Å². The second-order valence-electron chi connectivity index (χ2n) is 3.39. The van der Waals surface area contributed by atoms with Gasteiger partial charge in [0.2, 0.25) is 0 Å². The SMILES string of the molecule is Nc1ncccc1OCc1cccc(Cl)c1F. The van der Waals surface area contributed by atoms with Gasteiger partial charge in [0.05, 0.1) is 5.02 Å². The van der Waals surface area contributed by atoms with Crippen LogP contribution in [0.1, 0.15) is 5.56 Å². The van der Waals surface area contributed by atoms with E-state index in [1.165, 1.54) is 6.07 Å². The maximum Gasteiger partial charge on any atom is 0.166 e. The van der Waals surface area contributed by atoms with E-state index in [-0.39, 0.29) is 17.4 Å². The highest BCUT2D eigenvalue weighted by Crippen LogP contribution is 2.22. The van der Waals surface area contributed by atoms with Crippen molar-refractivity contribution in [3.05, 3.63) is 52.9 Å². The van der Waals surface area contributed by atoms with Crippen LogP contribution in [0, 0.1) is 5.82 Å². The van der Waals surface area contributed by atoms with Crippen LogP contribution in [0.3, 0.4) is 0 Å². The first-order valence-electron chi connectivity index (χ1n) is 4.94. The lowest BCUT2D eigenvalue weighted by Gasteiger charge is -2.08. The van der Waals surface area contributed by atoms with Crippen LogP contribution in [0.25, 0.3) is 0 Å². The number of hydrogen-bond donors (Lipinski definition) is 1. The Balaban J connectivity index is 2.13. The number of aromatic nitrogens is 1. The minimum Gasteiger partial charge on any atom is -0.485 e. The van der Waals surface area contributed by atoms with Gasteiger partial charge in [-0.05, 0) is 18.2 Å². The smallest absolute Gasteiger partial charge is 0.166 e. The maximum atomic E-state index is 13.5. The van der Waals surface area contributed by atoms with Crippen LogP contribution in [-0.2, 0) is 6.61 Å². The Morgan fingerprint density at radius 1 is 1.29 bits per heavy atom. The van der Waals surface area contributed by atoms with E-state index in [9.17, 15) is 4.39 Å². The molecule has 0 aliphatic rings. The summed E-state index contributed by atoms with van der Waals surface area (Å²) in [6.07, 6.45) is 1.56. The lowest BCUT2D eigenvalue weighted by atomic mass is 10.2. The molecule has 0 aliphatic carbocycles. The number of halogens is 2. The summed E-state index contributed by atoms with van der Waals surface area (Å²) in [6.45, 7) is 0.0578. The number of nitrogen functional groups attached to an aromatic ring is 1. The molecule has 0 radical (unpaired) electrons. The number of rotatable bonds is 3. The van der Waals surface area contributed by atoms with Crippen molar-refractivity contribution in [3.8, 4) is 5.75 Å². The second-order valence-corrected chi connectivity index (χ2v) is 3.80. The second kappa shape index (κ2) is 5.01.